The highest BCUT2D eigenvalue weighted by Crippen LogP contribution is 2.16. The molecule has 0 bridgehead atoms. The second-order valence-electron chi connectivity index (χ2n) is 5.88. The molecule has 2 N–H and O–H groups in total. The van der Waals surface area contributed by atoms with E-state index in [0.29, 0.717) is 19.0 Å². The standard InChI is InChI=1S/C15H25FN2O2S/c1-11(2)7-8-18-21(19,20)15-9-13(5-6-14(15)16)10-17-12(3)4/h5-6,9,11-12,17-18H,7-8,10H2,1-4H3. The fraction of sp³-hybridized carbons (Fsp3) is 0.600. The van der Waals surface area contributed by atoms with Crippen LogP contribution in [0.3, 0.4) is 0 Å². The maximum Gasteiger partial charge on any atom is 0.243 e. The molecule has 0 fully saturated rings. The van der Waals surface area contributed by atoms with Gasteiger partial charge in [-0.3, -0.25) is 0 Å². The van der Waals surface area contributed by atoms with Crippen molar-refractivity contribution in [3.05, 3.63) is 29.6 Å². The Morgan fingerprint density at radius 3 is 2.43 bits per heavy atom. The van der Waals surface area contributed by atoms with Gasteiger partial charge in [-0.05, 0) is 30.0 Å². The highest BCUT2D eigenvalue weighted by molar-refractivity contribution is 7.89. The molecule has 1 aromatic carbocycles. The normalized spacial score (nSPS) is 12.3. The number of halogens is 1. The van der Waals surface area contributed by atoms with Gasteiger partial charge in [0.1, 0.15) is 10.7 Å². The third-order valence-corrected chi connectivity index (χ3v) is 4.49. The van der Waals surface area contributed by atoms with E-state index in [0.717, 1.165) is 12.0 Å². The van der Waals surface area contributed by atoms with Gasteiger partial charge in [-0.2, -0.15) is 0 Å². The van der Waals surface area contributed by atoms with Gasteiger partial charge in [-0.15, -0.1) is 0 Å². The number of benzene rings is 1. The maximum absolute atomic E-state index is 13.8. The summed E-state index contributed by atoms with van der Waals surface area (Å²) in [6.45, 7) is 8.82. The first kappa shape index (κ1) is 18.1. The van der Waals surface area contributed by atoms with Gasteiger partial charge >= 0.3 is 0 Å². The minimum absolute atomic E-state index is 0.277. The Hall–Kier alpha value is -0.980. The molecule has 0 atom stereocenters. The summed E-state index contributed by atoms with van der Waals surface area (Å²) in [5.41, 5.74) is 0.745. The fourth-order valence-corrected chi connectivity index (χ4v) is 2.92. The maximum atomic E-state index is 13.8. The molecule has 0 unspecified atom stereocenters. The minimum Gasteiger partial charge on any atom is -0.310 e. The topological polar surface area (TPSA) is 58.2 Å². The van der Waals surface area contributed by atoms with Crippen molar-refractivity contribution in [2.75, 3.05) is 6.54 Å². The highest BCUT2D eigenvalue weighted by Gasteiger charge is 2.19. The van der Waals surface area contributed by atoms with Crippen LogP contribution >= 0.6 is 0 Å². The zero-order valence-corrected chi connectivity index (χ0v) is 13.9. The number of hydrogen-bond acceptors (Lipinski definition) is 3. The van der Waals surface area contributed by atoms with Crippen LogP contribution in [0.4, 0.5) is 4.39 Å². The molecular weight excluding hydrogens is 291 g/mol. The number of nitrogens with one attached hydrogen (secondary N) is 2. The molecule has 0 aliphatic heterocycles. The first-order valence-electron chi connectivity index (χ1n) is 7.24. The minimum atomic E-state index is -3.80. The van der Waals surface area contributed by atoms with E-state index in [1.165, 1.54) is 12.1 Å². The van der Waals surface area contributed by atoms with E-state index in [9.17, 15) is 12.8 Å². The van der Waals surface area contributed by atoms with E-state index >= 15 is 0 Å². The zero-order chi connectivity index (χ0) is 16.0. The van der Waals surface area contributed by atoms with Gasteiger partial charge in [0.05, 0.1) is 0 Å². The zero-order valence-electron chi connectivity index (χ0n) is 13.1. The van der Waals surface area contributed by atoms with E-state index in [2.05, 4.69) is 10.0 Å². The van der Waals surface area contributed by atoms with Crippen LogP contribution in [0.15, 0.2) is 23.1 Å². The molecule has 0 saturated carbocycles. The predicted octanol–water partition coefficient (Wildman–Crippen LogP) is 2.65. The molecule has 21 heavy (non-hydrogen) atoms. The molecule has 0 heterocycles. The highest BCUT2D eigenvalue weighted by atomic mass is 32.2. The van der Waals surface area contributed by atoms with Crippen molar-refractivity contribution < 1.29 is 12.8 Å². The third-order valence-electron chi connectivity index (χ3n) is 3.01. The summed E-state index contributed by atoms with van der Waals surface area (Å²) in [6, 6.07) is 4.47. The predicted molar refractivity (Wildman–Crippen MR) is 83.0 cm³/mol. The van der Waals surface area contributed by atoms with Gasteiger partial charge in [-0.25, -0.2) is 17.5 Å². The molecule has 0 amide bonds. The molecule has 0 saturated heterocycles. The largest absolute Gasteiger partial charge is 0.310 e. The Bertz CT molecular complexity index is 557. The summed E-state index contributed by atoms with van der Waals surface area (Å²) in [5, 5.41) is 3.18. The summed E-state index contributed by atoms with van der Waals surface area (Å²) >= 11 is 0. The van der Waals surface area contributed by atoms with Gasteiger partial charge in [0.25, 0.3) is 0 Å². The van der Waals surface area contributed by atoms with E-state index in [1.54, 1.807) is 6.07 Å². The lowest BCUT2D eigenvalue weighted by Crippen LogP contribution is -2.27. The average molecular weight is 316 g/mol. The van der Waals surface area contributed by atoms with Gasteiger partial charge < -0.3 is 5.32 Å². The molecular formula is C15H25FN2O2S. The van der Waals surface area contributed by atoms with Crippen LogP contribution in [0.5, 0.6) is 0 Å². The van der Waals surface area contributed by atoms with Crippen LogP contribution < -0.4 is 10.0 Å². The number of hydrogen-bond donors (Lipinski definition) is 2. The Balaban J connectivity index is 2.86. The second-order valence-corrected chi connectivity index (χ2v) is 7.62. The molecule has 4 nitrogen and oxygen atoms in total. The van der Waals surface area contributed by atoms with E-state index < -0.39 is 15.8 Å². The van der Waals surface area contributed by atoms with Crippen molar-refractivity contribution in [3.63, 3.8) is 0 Å². The summed E-state index contributed by atoms with van der Waals surface area (Å²) in [5.74, 6) is -0.334. The van der Waals surface area contributed by atoms with Crippen LogP contribution in [0, 0.1) is 11.7 Å². The van der Waals surface area contributed by atoms with Crippen LogP contribution in [0.1, 0.15) is 39.7 Å². The first-order chi connectivity index (χ1) is 9.72. The SMILES string of the molecule is CC(C)CCNS(=O)(=O)c1cc(CNC(C)C)ccc1F. The summed E-state index contributed by atoms with van der Waals surface area (Å²) in [4.78, 5) is -0.283. The Kier molecular flexibility index (Phi) is 6.77. The van der Waals surface area contributed by atoms with Crippen LogP contribution in [0.25, 0.3) is 0 Å². The van der Waals surface area contributed by atoms with Crippen molar-refractivity contribution in [3.8, 4) is 0 Å². The molecule has 1 rings (SSSR count). The lowest BCUT2D eigenvalue weighted by atomic mass is 10.1. The lowest BCUT2D eigenvalue weighted by molar-refractivity contribution is 0.538. The Labute approximate surface area is 127 Å². The summed E-state index contributed by atoms with van der Waals surface area (Å²) < 4.78 is 40.6. The van der Waals surface area contributed by atoms with Crippen molar-refractivity contribution in [2.45, 2.75) is 51.6 Å². The molecule has 0 aliphatic carbocycles. The Morgan fingerprint density at radius 2 is 1.86 bits per heavy atom. The van der Waals surface area contributed by atoms with Gasteiger partial charge in [0.2, 0.25) is 10.0 Å². The van der Waals surface area contributed by atoms with Crippen molar-refractivity contribution in [2.24, 2.45) is 5.92 Å². The quantitative estimate of drug-likeness (QED) is 0.775. The monoisotopic (exact) mass is 316 g/mol. The van der Waals surface area contributed by atoms with Gasteiger partial charge in [-0.1, -0.05) is 33.8 Å². The first-order valence-corrected chi connectivity index (χ1v) is 8.72. The second kappa shape index (κ2) is 7.87. The van der Waals surface area contributed by atoms with Crippen LogP contribution in [-0.4, -0.2) is 21.0 Å². The average Bonchev–Trinajstić information content (AvgIpc) is 2.36. The molecule has 0 aliphatic rings. The van der Waals surface area contributed by atoms with Gasteiger partial charge in [0, 0.05) is 19.1 Å². The molecule has 0 spiro atoms. The smallest absolute Gasteiger partial charge is 0.243 e. The molecule has 0 radical (unpaired) electrons. The number of rotatable bonds is 8. The molecule has 120 valence electrons. The number of sulfonamides is 1. The van der Waals surface area contributed by atoms with Crippen molar-refractivity contribution in [1.82, 2.24) is 10.0 Å². The van der Waals surface area contributed by atoms with Gasteiger partial charge in [0.15, 0.2) is 0 Å². The third kappa shape index (κ3) is 6.11. The summed E-state index contributed by atoms with van der Waals surface area (Å²) in [6.07, 6.45) is 0.718. The molecule has 6 heteroatoms. The molecule has 0 aromatic heterocycles. The van der Waals surface area contributed by atoms with Crippen LogP contribution in [-0.2, 0) is 16.6 Å². The fourth-order valence-electron chi connectivity index (χ4n) is 1.75. The van der Waals surface area contributed by atoms with Crippen LogP contribution in [0.2, 0.25) is 0 Å². The summed E-state index contributed by atoms with van der Waals surface area (Å²) in [7, 11) is -3.80. The molecule has 1 aromatic rings. The lowest BCUT2D eigenvalue weighted by Gasteiger charge is -2.12. The Morgan fingerprint density at radius 1 is 1.19 bits per heavy atom. The van der Waals surface area contributed by atoms with E-state index in [-0.39, 0.29) is 10.9 Å². The van der Waals surface area contributed by atoms with Crippen molar-refractivity contribution in [1.29, 1.82) is 0 Å². The van der Waals surface area contributed by atoms with Crippen molar-refractivity contribution >= 4 is 10.0 Å². The van der Waals surface area contributed by atoms with E-state index in [1.807, 2.05) is 27.7 Å². The van der Waals surface area contributed by atoms with E-state index in [4.69, 9.17) is 0 Å².